The first kappa shape index (κ1) is 27.7. The first-order valence-electron chi connectivity index (χ1n) is 12.7. The van der Waals surface area contributed by atoms with E-state index in [1.807, 2.05) is 42.5 Å². The summed E-state index contributed by atoms with van der Waals surface area (Å²) in [7, 11) is 1.30. The van der Waals surface area contributed by atoms with Gasteiger partial charge in [0, 0.05) is 23.6 Å². The minimum Gasteiger partial charge on any atom is -0.489 e. The summed E-state index contributed by atoms with van der Waals surface area (Å²) in [5, 5.41) is 14.4. The Bertz CT molecular complexity index is 1670. The van der Waals surface area contributed by atoms with E-state index in [-0.39, 0.29) is 5.69 Å². The van der Waals surface area contributed by atoms with Gasteiger partial charge in [-0.3, -0.25) is 14.9 Å². The molecule has 41 heavy (non-hydrogen) atoms. The molecule has 0 bridgehead atoms. The van der Waals surface area contributed by atoms with Crippen LogP contribution in [-0.4, -0.2) is 28.0 Å². The lowest BCUT2D eigenvalue weighted by Crippen LogP contribution is -2.31. The van der Waals surface area contributed by atoms with Crippen molar-refractivity contribution in [2.75, 3.05) is 12.4 Å². The fourth-order valence-electron chi connectivity index (χ4n) is 4.58. The molecule has 11 heteroatoms. The fraction of sp³-hybridized carbons (Fsp3) is 0.167. The molecule has 208 valence electrons. The normalized spacial score (nSPS) is 14.1. The molecule has 3 aromatic carbocycles. The van der Waals surface area contributed by atoms with Gasteiger partial charge in [0.05, 0.1) is 29.1 Å². The zero-order valence-electron chi connectivity index (χ0n) is 22.2. The number of hydrogen-bond acceptors (Lipinski definition) is 9. The Labute approximate surface area is 239 Å². The lowest BCUT2D eigenvalue weighted by atomic mass is 9.82. The summed E-state index contributed by atoms with van der Waals surface area (Å²) in [4.78, 5) is 44.3. The second-order valence-electron chi connectivity index (χ2n) is 9.28. The van der Waals surface area contributed by atoms with Gasteiger partial charge in [0.2, 0.25) is 0 Å². The topological polar surface area (TPSA) is 136 Å². The Morgan fingerprint density at radius 3 is 2.39 bits per heavy atom. The number of thioether (sulfide) groups is 1. The van der Waals surface area contributed by atoms with E-state index in [1.54, 1.807) is 31.2 Å². The number of nitrogens with zero attached hydrogens (tertiary/aromatic N) is 2. The lowest BCUT2D eigenvalue weighted by molar-refractivity contribution is -0.384. The predicted octanol–water partition coefficient (Wildman–Crippen LogP) is 5.55. The van der Waals surface area contributed by atoms with Gasteiger partial charge in [-0.15, -0.1) is 0 Å². The Hall–Kier alpha value is -4.90. The highest BCUT2D eigenvalue weighted by Gasteiger charge is 2.36. The van der Waals surface area contributed by atoms with Crippen LogP contribution in [0.5, 0.6) is 5.75 Å². The summed E-state index contributed by atoms with van der Waals surface area (Å²) < 4.78 is 11.0. The number of aromatic nitrogens is 2. The van der Waals surface area contributed by atoms with Gasteiger partial charge < -0.3 is 19.8 Å². The first-order valence-corrected chi connectivity index (χ1v) is 13.7. The van der Waals surface area contributed by atoms with Gasteiger partial charge in [0.1, 0.15) is 18.2 Å². The maximum Gasteiger partial charge on any atom is 0.336 e. The molecule has 0 saturated heterocycles. The molecule has 1 aliphatic heterocycles. The summed E-state index contributed by atoms with van der Waals surface area (Å²) in [6.07, 6.45) is 0. The molecule has 10 nitrogen and oxygen atoms in total. The van der Waals surface area contributed by atoms with Crippen molar-refractivity contribution in [2.24, 2.45) is 0 Å². The van der Waals surface area contributed by atoms with Crippen molar-refractivity contribution in [3.63, 3.8) is 0 Å². The highest BCUT2D eigenvalue weighted by atomic mass is 32.2. The monoisotopic (exact) mass is 570 g/mol. The molecular formula is C30H26N4O6S. The Morgan fingerprint density at radius 1 is 1.02 bits per heavy atom. The smallest absolute Gasteiger partial charge is 0.336 e. The van der Waals surface area contributed by atoms with E-state index in [9.17, 15) is 19.7 Å². The number of nitrogens with one attached hydrogen (secondary N) is 2. The van der Waals surface area contributed by atoms with Gasteiger partial charge in [-0.25, -0.2) is 9.78 Å². The van der Waals surface area contributed by atoms with Gasteiger partial charge in [0.25, 0.3) is 11.2 Å². The molecule has 0 amide bonds. The molecule has 0 spiro atoms. The number of ether oxygens (including phenoxy) is 2. The average Bonchev–Trinajstić information content (AvgIpc) is 2.99. The van der Waals surface area contributed by atoms with Gasteiger partial charge in [-0.05, 0) is 35.7 Å². The van der Waals surface area contributed by atoms with Crippen LogP contribution in [0.2, 0.25) is 0 Å². The van der Waals surface area contributed by atoms with Crippen molar-refractivity contribution < 1.29 is 19.2 Å². The van der Waals surface area contributed by atoms with Crippen LogP contribution in [0.15, 0.2) is 100 Å². The van der Waals surface area contributed by atoms with E-state index in [0.717, 1.165) is 11.1 Å². The third-order valence-corrected chi connectivity index (χ3v) is 7.56. The molecule has 1 unspecified atom stereocenters. The van der Waals surface area contributed by atoms with Crippen LogP contribution in [-0.2, 0) is 21.9 Å². The number of carbonyl (C=O) groups excluding carboxylic acids is 1. The Kier molecular flexibility index (Phi) is 8.16. The number of hydrogen-bond donors (Lipinski definition) is 2. The van der Waals surface area contributed by atoms with Crippen molar-refractivity contribution in [3.8, 4) is 5.75 Å². The maximum absolute atomic E-state index is 13.5. The molecule has 1 aliphatic rings. The van der Waals surface area contributed by atoms with Crippen molar-refractivity contribution in [2.45, 2.75) is 30.4 Å². The van der Waals surface area contributed by atoms with E-state index in [4.69, 9.17) is 9.47 Å². The number of benzene rings is 3. The van der Waals surface area contributed by atoms with Gasteiger partial charge >= 0.3 is 5.97 Å². The molecule has 2 N–H and O–H groups in total. The van der Waals surface area contributed by atoms with Gasteiger partial charge in [-0.2, -0.15) is 0 Å². The number of rotatable bonds is 9. The largest absolute Gasteiger partial charge is 0.489 e. The van der Waals surface area contributed by atoms with Crippen molar-refractivity contribution >= 4 is 29.2 Å². The zero-order chi connectivity index (χ0) is 28.9. The minimum atomic E-state index is -0.716. The number of nitro groups is 1. The third kappa shape index (κ3) is 6.15. The van der Waals surface area contributed by atoms with E-state index in [2.05, 4.69) is 15.3 Å². The van der Waals surface area contributed by atoms with Crippen molar-refractivity contribution in [1.29, 1.82) is 0 Å². The standard InChI is InChI=1S/C30H26N4O6S/c1-18-24(29(36)39-2)25(21-10-14-23(15-11-21)40-16-19-6-4-3-5-7-19)26-27(31-18)32-30(33-28(26)35)41-17-20-8-12-22(13-9-20)34(37)38/h3-15,25H,16-17H2,1-2H3,(H2,31,32,33,35). The molecule has 2 heterocycles. The van der Waals surface area contributed by atoms with E-state index < -0.39 is 22.4 Å². The van der Waals surface area contributed by atoms with Gasteiger partial charge in [-0.1, -0.05) is 66.4 Å². The summed E-state index contributed by atoms with van der Waals surface area (Å²) >= 11 is 1.29. The number of anilines is 1. The predicted molar refractivity (Wildman–Crippen MR) is 155 cm³/mol. The Morgan fingerprint density at radius 2 is 1.73 bits per heavy atom. The SMILES string of the molecule is COC(=O)C1=C(C)Nc2nc(SCc3ccc([N+](=O)[O-])cc3)[nH]c(=O)c2C1c1ccc(OCc2ccccc2)cc1. The molecule has 5 rings (SSSR count). The number of nitro benzene ring substituents is 1. The highest BCUT2D eigenvalue weighted by molar-refractivity contribution is 7.98. The zero-order valence-corrected chi connectivity index (χ0v) is 23.1. The second kappa shape index (κ2) is 12.1. The third-order valence-electron chi connectivity index (χ3n) is 6.61. The van der Waals surface area contributed by atoms with Crippen molar-refractivity contribution in [3.05, 3.63) is 133 Å². The molecular weight excluding hydrogens is 544 g/mol. The summed E-state index contributed by atoms with van der Waals surface area (Å²) in [5.41, 5.74) is 3.35. The summed E-state index contributed by atoms with van der Waals surface area (Å²) in [6.45, 7) is 2.15. The summed E-state index contributed by atoms with van der Waals surface area (Å²) in [6, 6.07) is 23.3. The number of fused-ring (bicyclic) bond motifs is 1. The molecule has 0 aliphatic carbocycles. The number of H-pyrrole nitrogens is 1. The van der Waals surface area contributed by atoms with E-state index in [1.165, 1.54) is 31.0 Å². The molecule has 1 atom stereocenters. The quantitative estimate of drug-likeness (QED) is 0.0872. The molecule has 1 aromatic heterocycles. The van der Waals surface area contributed by atoms with Gasteiger partial charge in [0.15, 0.2) is 5.16 Å². The van der Waals surface area contributed by atoms with Crippen LogP contribution in [0, 0.1) is 10.1 Å². The van der Waals surface area contributed by atoms with E-state index >= 15 is 0 Å². The van der Waals surface area contributed by atoms with Crippen LogP contribution in [0.25, 0.3) is 0 Å². The van der Waals surface area contributed by atoms with Crippen LogP contribution < -0.4 is 15.6 Å². The lowest BCUT2D eigenvalue weighted by Gasteiger charge is -2.28. The molecule has 4 aromatic rings. The number of esters is 1. The summed E-state index contributed by atoms with van der Waals surface area (Å²) in [5.74, 6) is 0.171. The maximum atomic E-state index is 13.5. The molecule has 0 radical (unpaired) electrons. The van der Waals surface area contributed by atoms with Crippen LogP contribution >= 0.6 is 11.8 Å². The average molecular weight is 571 g/mol. The number of carbonyl (C=O) groups is 1. The van der Waals surface area contributed by atoms with Crippen LogP contribution in [0.4, 0.5) is 11.5 Å². The van der Waals surface area contributed by atoms with Crippen molar-refractivity contribution in [1.82, 2.24) is 9.97 Å². The second-order valence-corrected chi connectivity index (χ2v) is 10.2. The number of methoxy groups -OCH3 is 1. The highest BCUT2D eigenvalue weighted by Crippen LogP contribution is 2.40. The Balaban J connectivity index is 1.42. The molecule has 0 fully saturated rings. The molecule has 0 saturated carbocycles. The van der Waals surface area contributed by atoms with Crippen LogP contribution in [0.3, 0.4) is 0 Å². The number of allylic oxidation sites excluding steroid dienone is 1. The first-order chi connectivity index (χ1) is 19.8. The number of aromatic amines is 1. The van der Waals surface area contributed by atoms with E-state index in [0.29, 0.717) is 51.5 Å². The minimum absolute atomic E-state index is 0.00812. The number of non-ortho nitro benzene ring substituents is 1. The van der Waals surface area contributed by atoms with Crippen LogP contribution in [0.1, 0.15) is 35.1 Å². The fourth-order valence-corrected chi connectivity index (χ4v) is 5.39.